The number of Topliss-reactive ketones (excluding diaryl/α,β-unsaturated/α-hetero) is 1. The molecule has 0 bridgehead atoms. The Kier molecular flexibility index (Phi) is 6.89. The number of carbonyl (C=O) groups excluding carboxylic acids is 1. The van der Waals surface area contributed by atoms with Gasteiger partial charge in [0.25, 0.3) is 0 Å². The van der Waals surface area contributed by atoms with E-state index in [1.165, 1.54) is 0 Å². The Bertz CT molecular complexity index is 207. The van der Waals surface area contributed by atoms with Crippen LogP contribution < -0.4 is 0 Å². The van der Waals surface area contributed by atoms with Crippen molar-refractivity contribution in [3.05, 3.63) is 0 Å². The van der Waals surface area contributed by atoms with E-state index in [9.17, 15) is 9.90 Å². The maximum absolute atomic E-state index is 11.7. The van der Waals surface area contributed by atoms with Crippen molar-refractivity contribution in [2.75, 3.05) is 0 Å². The first-order chi connectivity index (χ1) is 7.35. The van der Waals surface area contributed by atoms with Crippen molar-refractivity contribution in [1.29, 1.82) is 0 Å². The minimum atomic E-state index is -0.823. The minimum Gasteiger partial charge on any atom is -0.389 e. The van der Waals surface area contributed by atoms with Crippen LogP contribution in [0.1, 0.15) is 66.7 Å². The maximum Gasteiger partial charge on any atom is 0.138 e. The maximum atomic E-state index is 11.7. The zero-order valence-electron chi connectivity index (χ0n) is 11.5. The van der Waals surface area contributed by atoms with Crippen LogP contribution >= 0.6 is 0 Å². The van der Waals surface area contributed by atoms with E-state index in [4.69, 9.17) is 0 Å². The molecule has 1 N–H and O–H groups in total. The van der Waals surface area contributed by atoms with Gasteiger partial charge in [-0.1, -0.05) is 40.5 Å². The van der Waals surface area contributed by atoms with Gasteiger partial charge in [0.1, 0.15) is 5.78 Å². The summed E-state index contributed by atoms with van der Waals surface area (Å²) in [5.41, 5.74) is -0.823. The summed E-state index contributed by atoms with van der Waals surface area (Å²) in [5, 5.41) is 10.4. The highest BCUT2D eigenvalue weighted by atomic mass is 16.3. The van der Waals surface area contributed by atoms with Gasteiger partial charge < -0.3 is 5.11 Å². The quantitative estimate of drug-likeness (QED) is 0.689. The van der Waals surface area contributed by atoms with Crippen LogP contribution in [-0.4, -0.2) is 16.5 Å². The average Bonchev–Trinajstić information content (AvgIpc) is 2.16. The van der Waals surface area contributed by atoms with Crippen LogP contribution in [0.25, 0.3) is 0 Å². The minimum absolute atomic E-state index is 0.190. The number of aliphatic hydroxyl groups is 1. The number of hydrogen-bond acceptors (Lipinski definition) is 2. The fourth-order valence-electron chi connectivity index (χ4n) is 2.30. The molecule has 0 aliphatic carbocycles. The van der Waals surface area contributed by atoms with Gasteiger partial charge in [0.15, 0.2) is 0 Å². The lowest BCUT2D eigenvalue weighted by Gasteiger charge is -2.31. The van der Waals surface area contributed by atoms with Crippen LogP contribution in [-0.2, 0) is 4.79 Å². The molecule has 96 valence electrons. The molecule has 0 saturated heterocycles. The van der Waals surface area contributed by atoms with Gasteiger partial charge in [-0.25, -0.2) is 0 Å². The largest absolute Gasteiger partial charge is 0.389 e. The predicted molar refractivity (Wildman–Crippen MR) is 68.4 cm³/mol. The number of rotatable bonds is 8. The standard InChI is InChI=1S/C14H28O2/c1-6-12(13(15)7-2)14(5,16)10-8-9-11(3)4/h11-12,16H,6-10H2,1-5H3. The predicted octanol–water partition coefficient (Wildman–Crippen LogP) is 3.57. The van der Waals surface area contributed by atoms with Crippen LogP contribution in [0, 0.1) is 11.8 Å². The van der Waals surface area contributed by atoms with Gasteiger partial charge in [-0.05, 0) is 25.7 Å². The van der Waals surface area contributed by atoms with Crippen molar-refractivity contribution in [2.45, 2.75) is 72.3 Å². The van der Waals surface area contributed by atoms with Crippen molar-refractivity contribution in [2.24, 2.45) is 11.8 Å². The molecule has 2 heteroatoms. The SMILES string of the molecule is CCC(=O)C(CC)C(C)(O)CCCC(C)C. The molecule has 0 aromatic heterocycles. The summed E-state index contributed by atoms with van der Waals surface area (Å²) in [6.45, 7) is 10.0. The summed E-state index contributed by atoms with van der Waals surface area (Å²) in [6.07, 6.45) is 4.11. The second-order valence-electron chi connectivity index (χ2n) is 5.42. The second kappa shape index (κ2) is 7.05. The fourth-order valence-corrected chi connectivity index (χ4v) is 2.30. The van der Waals surface area contributed by atoms with Crippen molar-refractivity contribution >= 4 is 5.78 Å². The Morgan fingerprint density at radius 2 is 1.88 bits per heavy atom. The molecule has 0 aromatic rings. The smallest absolute Gasteiger partial charge is 0.138 e. The average molecular weight is 228 g/mol. The topological polar surface area (TPSA) is 37.3 Å². The summed E-state index contributed by atoms with van der Waals surface area (Å²) < 4.78 is 0. The molecule has 2 nitrogen and oxygen atoms in total. The summed E-state index contributed by atoms with van der Waals surface area (Å²) >= 11 is 0. The van der Waals surface area contributed by atoms with E-state index in [1.54, 1.807) is 0 Å². The Hall–Kier alpha value is -0.370. The molecule has 0 heterocycles. The van der Waals surface area contributed by atoms with Gasteiger partial charge in [-0.3, -0.25) is 4.79 Å². The van der Waals surface area contributed by atoms with E-state index >= 15 is 0 Å². The molecule has 0 fully saturated rings. The third-order valence-corrected chi connectivity index (χ3v) is 3.36. The first-order valence-corrected chi connectivity index (χ1v) is 6.60. The van der Waals surface area contributed by atoms with Gasteiger partial charge in [-0.15, -0.1) is 0 Å². The first-order valence-electron chi connectivity index (χ1n) is 6.60. The van der Waals surface area contributed by atoms with Gasteiger partial charge in [0.2, 0.25) is 0 Å². The molecule has 0 aliphatic rings. The lowest BCUT2D eigenvalue weighted by Crippen LogP contribution is -2.39. The summed E-state index contributed by atoms with van der Waals surface area (Å²) in [6, 6.07) is 0. The zero-order chi connectivity index (χ0) is 12.8. The highest BCUT2D eigenvalue weighted by molar-refractivity contribution is 5.81. The molecular weight excluding hydrogens is 200 g/mol. The van der Waals surface area contributed by atoms with E-state index in [-0.39, 0.29) is 11.7 Å². The molecule has 0 aromatic carbocycles. The second-order valence-corrected chi connectivity index (χ2v) is 5.42. The molecular formula is C14H28O2. The normalized spacial score (nSPS) is 17.2. The van der Waals surface area contributed by atoms with Crippen molar-refractivity contribution in [3.8, 4) is 0 Å². The summed E-state index contributed by atoms with van der Waals surface area (Å²) in [5.74, 6) is 0.666. The van der Waals surface area contributed by atoms with Crippen LogP contribution in [0.4, 0.5) is 0 Å². The summed E-state index contributed by atoms with van der Waals surface area (Å²) in [4.78, 5) is 11.7. The number of carbonyl (C=O) groups is 1. The monoisotopic (exact) mass is 228 g/mol. The zero-order valence-corrected chi connectivity index (χ0v) is 11.5. The Labute approximate surface area is 100 Å². The molecule has 0 radical (unpaired) electrons. The van der Waals surface area contributed by atoms with E-state index in [1.807, 2.05) is 20.8 Å². The third-order valence-electron chi connectivity index (χ3n) is 3.36. The molecule has 0 saturated carbocycles. The molecule has 2 unspecified atom stereocenters. The van der Waals surface area contributed by atoms with Crippen LogP contribution in [0.5, 0.6) is 0 Å². The van der Waals surface area contributed by atoms with Crippen molar-refractivity contribution < 1.29 is 9.90 Å². The van der Waals surface area contributed by atoms with Gasteiger partial charge >= 0.3 is 0 Å². The Morgan fingerprint density at radius 1 is 1.31 bits per heavy atom. The highest BCUT2D eigenvalue weighted by Gasteiger charge is 2.34. The Balaban J connectivity index is 4.31. The molecule has 2 atom stereocenters. The fraction of sp³-hybridized carbons (Fsp3) is 0.929. The van der Waals surface area contributed by atoms with E-state index < -0.39 is 5.60 Å². The van der Waals surface area contributed by atoms with Crippen LogP contribution in [0.3, 0.4) is 0 Å². The van der Waals surface area contributed by atoms with Crippen LogP contribution in [0.2, 0.25) is 0 Å². The lowest BCUT2D eigenvalue weighted by atomic mass is 9.79. The first kappa shape index (κ1) is 15.6. The molecule has 0 amide bonds. The van der Waals surface area contributed by atoms with E-state index in [0.29, 0.717) is 12.3 Å². The number of hydrogen-bond donors (Lipinski definition) is 1. The molecule has 0 rings (SSSR count). The van der Waals surface area contributed by atoms with Gasteiger partial charge in [0, 0.05) is 12.3 Å². The third kappa shape index (κ3) is 5.11. The van der Waals surface area contributed by atoms with Crippen molar-refractivity contribution in [3.63, 3.8) is 0 Å². The molecule has 16 heavy (non-hydrogen) atoms. The molecule has 0 spiro atoms. The number of ketones is 1. The van der Waals surface area contributed by atoms with E-state index in [2.05, 4.69) is 13.8 Å². The van der Waals surface area contributed by atoms with Gasteiger partial charge in [0.05, 0.1) is 5.60 Å². The molecule has 0 aliphatic heterocycles. The van der Waals surface area contributed by atoms with Crippen LogP contribution in [0.15, 0.2) is 0 Å². The van der Waals surface area contributed by atoms with Gasteiger partial charge in [-0.2, -0.15) is 0 Å². The lowest BCUT2D eigenvalue weighted by molar-refractivity contribution is -0.131. The van der Waals surface area contributed by atoms with Crippen molar-refractivity contribution in [1.82, 2.24) is 0 Å². The summed E-state index contributed by atoms with van der Waals surface area (Å²) in [7, 11) is 0. The highest BCUT2D eigenvalue weighted by Crippen LogP contribution is 2.28. The Morgan fingerprint density at radius 3 is 2.25 bits per heavy atom. The van der Waals surface area contributed by atoms with E-state index in [0.717, 1.165) is 25.7 Å².